The van der Waals surface area contributed by atoms with Gasteiger partial charge in [-0.3, -0.25) is 4.79 Å². The molecule has 112 valence electrons. The van der Waals surface area contributed by atoms with Crippen molar-refractivity contribution in [3.8, 4) is 0 Å². The topological polar surface area (TPSA) is 58.4 Å². The van der Waals surface area contributed by atoms with Crippen molar-refractivity contribution in [2.24, 2.45) is 17.6 Å². The van der Waals surface area contributed by atoms with Crippen LogP contribution in [-0.2, 0) is 4.79 Å². The molecule has 3 unspecified atom stereocenters. The second kappa shape index (κ2) is 8.54. The summed E-state index contributed by atoms with van der Waals surface area (Å²) in [6, 6.07) is 0.195. The van der Waals surface area contributed by atoms with E-state index < -0.39 is 0 Å². The number of nitrogens with one attached hydrogen (secondary N) is 1. The van der Waals surface area contributed by atoms with Gasteiger partial charge in [0.2, 0.25) is 5.91 Å². The molecule has 1 rings (SSSR count). The summed E-state index contributed by atoms with van der Waals surface area (Å²) in [5.41, 5.74) is 6.05. The van der Waals surface area contributed by atoms with Gasteiger partial charge in [0.05, 0.1) is 0 Å². The van der Waals surface area contributed by atoms with Gasteiger partial charge in [-0.05, 0) is 51.2 Å². The first kappa shape index (κ1) is 16.4. The number of carbonyl (C=O) groups excluding carboxylic acids is 1. The van der Waals surface area contributed by atoms with E-state index >= 15 is 0 Å². The maximum absolute atomic E-state index is 12.1. The Morgan fingerprint density at radius 2 is 2.00 bits per heavy atom. The lowest BCUT2D eigenvalue weighted by Gasteiger charge is -2.31. The lowest BCUT2D eigenvalue weighted by Crippen LogP contribution is -2.42. The fraction of sp³-hybridized carbons (Fsp3) is 0.933. The van der Waals surface area contributed by atoms with Crippen LogP contribution in [0.1, 0.15) is 46.5 Å². The molecule has 1 saturated carbocycles. The Bertz CT molecular complexity index is 266. The summed E-state index contributed by atoms with van der Waals surface area (Å²) in [6.45, 7) is 10.5. The Morgan fingerprint density at radius 1 is 1.32 bits per heavy atom. The highest BCUT2D eigenvalue weighted by Crippen LogP contribution is 2.27. The molecule has 0 saturated heterocycles. The van der Waals surface area contributed by atoms with Crippen molar-refractivity contribution in [1.29, 1.82) is 0 Å². The van der Waals surface area contributed by atoms with E-state index in [-0.39, 0.29) is 17.9 Å². The van der Waals surface area contributed by atoms with Crippen LogP contribution in [0.15, 0.2) is 0 Å². The molecule has 0 aliphatic heterocycles. The molecule has 3 atom stereocenters. The number of rotatable bonds is 7. The molecule has 0 heterocycles. The monoisotopic (exact) mass is 269 g/mol. The summed E-state index contributed by atoms with van der Waals surface area (Å²) in [5, 5.41) is 3.07. The van der Waals surface area contributed by atoms with Crippen LogP contribution < -0.4 is 11.1 Å². The molecule has 1 fully saturated rings. The van der Waals surface area contributed by atoms with Gasteiger partial charge in [-0.2, -0.15) is 0 Å². The van der Waals surface area contributed by atoms with Crippen LogP contribution in [0.25, 0.3) is 0 Å². The van der Waals surface area contributed by atoms with Gasteiger partial charge in [0.15, 0.2) is 0 Å². The number of hydrogen-bond donors (Lipinski definition) is 2. The van der Waals surface area contributed by atoms with Crippen LogP contribution >= 0.6 is 0 Å². The van der Waals surface area contributed by atoms with E-state index in [2.05, 4.69) is 31.0 Å². The lowest BCUT2D eigenvalue weighted by molar-refractivity contribution is -0.126. The summed E-state index contributed by atoms with van der Waals surface area (Å²) in [5.74, 6) is 0.910. The zero-order valence-electron chi connectivity index (χ0n) is 12.8. The summed E-state index contributed by atoms with van der Waals surface area (Å²) >= 11 is 0. The fourth-order valence-electron chi connectivity index (χ4n) is 2.79. The summed E-state index contributed by atoms with van der Waals surface area (Å²) < 4.78 is 0. The third kappa shape index (κ3) is 5.49. The van der Waals surface area contributed by atoms with E-state index in [0.29, 0.717) is 5.92 Å². The molecule has 1 aliphatic rings. The Balaban J connectivity index is 2.17. The zero-order chi connectivity index (χ0) is 14.3. The molecule has 1 amide bonds. The SMILES string of the molecule is CCN(CC)CCCNC(=O)C1CCC(C)C(N)C1. The first-order chi connectivity index (χ1) is 9.08. The summed E-state index contributed by atoms with van der Waals surface area (Å²) in [6.07, 6.45) is 3.96. The van der Waals surface area contributed by atoms with Crippen LogP contribution in [0.5, 0.6) is 0 Å². The predicted molar refractivity (Wildman–Crippen MR) is 79.9 cm³/mol. The maximum Gasteiger partial charge on any atom is 0.223 e. The van der Waals surface area contributed by atoms with E-state index in [0.717, 1.165) is 51.9 Å². The lowest BCUT2D eigenvalue weighted by atomic mass is 9.79. The van der Waals surface area contributed by atoms with Gasteiger partial charge in [-0.25, -0.2) is 0 Å². The van der Waals surface area contributed by atoms with E-state index in [1.807, 2.05) is 0 Å². The van der Waals surface area contributed by atoms with E-state index in [1.54, 1.807) is 0 Å². The standard InChI is InChI=1S/C15H31N3O/c1-4-18(5-2)10-6-9-17-15(19)13-8-7-12(3)14(16)11-13/h12-14H,4-11,16H2,1-3H3,(H,17,19). The molecule has 1 aliphatic carbocycles. The van der Waals surface area contributed by atoms with Crippen LogP contribution in [0.4, 0.5) is 0 Å². The number of hydrogen-bond acceptors (Lipinski definition) is 3. The maximum atomic E-state index is 12.1. The molecule has 4 nitrogen and oxygen atoms in total. The highest BCUT2D eigenvalue weighted by atomic mass is 16.1. The third-order valence-corrected chi connectivity index (χ3v) is 4.47. The average molecular weight is 269 g/mol. The average Bonchev–Trinajstić information content (AvgIpc) is 2.42. The highest BCUT2D eigenvalue weighted by molar-refractivity contribution is 5.78. The smallest absolute Gasteiger partial charge is 0.223 e. The Labute approximate surface area is 118 Å². The molecular formula is C15H31N3O. The summed E-state index contributed by atoms with van der Waals surface area (Å²) in [7, 11) is 0. The second-order valence-electron chi connectivity index (χ2n) is 5.82. The van der Waals surface area contributed by atoms with Crippen molar-refractivity contribution >= 4 is 5.91 Å². The Kier molecular flexibility index (Phi) is 7.39. The van der Waals surface area contributed by atoms with Gasteiger partial charge in [0, 0.05) is 18.5 Å². The van der Waals surface area contributed by atoms with Crippen molar-refractivity contribution in [3.63, 3.8) is 0 Å². The molecule has 0 spiro atoms. The largest absolute Gasteiger partial charge is 0.356 e. The van der Waals surface area contributed by atoms with Gasteiger partial charge >= 0.3 is 0 Å². The normalized spacial score (nSPS) is 27.5. The first-order valence-electron chi connectivity index (χ1n) is 7.84. The third-order valence-electron chi connectivity index (χ3n) is 4.47. The number of nitrogens with two attached hydrogens (primary N) is 1. The van der Waals surface area contributed by atoms with Gasteiger partial charge < -0.3 is 16.0 Å². The molecule has 0 aromatic carbocycles. The first-order valence-corrected chi connectivity index (χ1v) is 7.84. The minimum absolute atomic E-state index is 0.139. The predicted octanol–water partition coefficient (Wildman–Crippen LogP) is 1.60. The molecule has 0 aromatic rings. The number of amides is 1. The minimum atomic E-state index is 0.139. The number of nitrogens with zero attached hydrogens (tertiary/aromatic N) is 1. The molecular weight excluding hydrogens is 238 g/mol. The fourth-order valence-corrected chi connectivity index (χ4v) is 2.79. The van der Waals surface area contributed by atoms with Gasteiger partial charge in [-0.1, -0.05) is 20.8 Å². The zero-order valence-corrected chi connectivity index (χ0v) is 12.8. The number of carbonyl (C=O) groups is 1. The molecule has 0 aromatic heterocycles. The van der Waals surface area contributed by atoms with Gasteiger partial charge in [0.25, 0.3) is 0 Å². The highest BCUT2D eigenvalue weighted by Gasteiger charge is 2.29. The molecule has 3 N–H and O–H groups in total. The molecule has 4 heteroatoms. The Hall–Kier alpha value is -0.610. The van der Waals surface area contributed by atoms with Crippen molar-refractivity contribution in [1.82, 2.24) is 10.2 Å². The van der Waals surface area contributed by atoms with Crippen molar-refractivity contribution < 1.29 is 4.79 Å². The van der Waals surface area contributed by atoms with Crippen molar-refractivity contribution in [2.45, 2.75) is 52.5 Å². The van der Waals surface area contributed by atoms with Crippen LogP contribution in [-0.4, -0.2) is 43.0 Å². The van der Waals surface area contributed by atoms with Gasteiger partial charge in [0.1, 0.15) is 0 Å². The second-order valence-corrected chi connectivity index (χ2v) is 5.82. The molecule has 19 heavy (non-hydrogen) atoms. The van der Waals surface area contributed by atoms with Crippen LogP contribution in [0.3, 0.4) is 0 Å². The Morgan fingerprint density at radius 3 is 2.58 bits per heavy atom. The molecule has 0 radical (unpaired) electrons. The quantitative estimate of drug-likeness (QED) is 0.690. The van der Waals surface area contributed by atoms with Crippen LogP contribution in [0, 0.1) is 11.8 Å². The van der Waals surface area contributed by atoms with E-state index in [9.17, 15) is 4.79 Å². The summed E-state index contributed by atoms with van der Waals surface area (Å²) in [4.78, 5) is 14.4. The van der Waals surface area contributed by atoms with Crippen molar-refractivity contribution in [3.05, 3.63) is 0 Å². The minimum Gasteiger partial charge on any atom is -0.356 e. The van der Waals surface area contributed by atoms with E-state index in [1.165, 1.54) is 0 Å². The van der Waals surface area contributed by atoms with Crippen molar-refractivity contribution in [2.75, 3.05) is 26.2 Å². The van der Waals surface area contributed by atoms with Gasteiger partial charge in [-0.15, -0.1) is 0 Å². The van der Waals surface area contributed by atoms with Crippen LogP contribution in [0.2, 0.25) is 0 Å². The molecule has 0 bridgehead atoms. The van der Waals surface area contributed by atoms with E-state index in [4.69, 9.17) is 5.73 Å².